The fourth-order valence-corrected chi connectivity index (χ4v) is 3.42. The molecule has 1 aliphatic rings. The van der Waals surface area contributed by atoms with Gasteiger partial charge in [-0.2, -0.15) is 0 Å². The van der Waals surface area contributed by atoms with Crippen LogP contribution in [0, 0.1) is 16.0 Å². The van der Waals surface area contributed by atoms with Crippen molar-refractivity contribution < 1.29 is 13.3 Å². The lowest BCUT2D eigenvalue weighted by Crippen LogP contribution is -2.41. The molecule has 1 aromatic carbocycles. The average Bonchev–Trinajstić information content (AvgIpc) is 3.20. The Bertz CT molecular complexity index is 583. The minimum atomic E-state index is -3.92. The Hall–Kier alpha value is -1.51. The van der Waals surface area contributed by atoms with Crippen LogP contribution in [0.5, 0.6) is 0 Å². The molecule has 0 aliphatic heterocycles. The van der Waals surface area contributed by atoms with E-state index in [0.717, 1.165) is 12.8 Å². The number of nitrogens with one attached hydrogen (secondary N) is 1. The summed E-state index contributed by atoms with van der Waals surface area (Å²) in [5.41, 5.74) is 5.11. The number of nitrogens with two attached hydrogens (primary N) is 1. The van der Waals surface area contributed by atoms with E-state index in [1.807, 2.05) is 0 Å². The Morgan fingerprint density at radius 3 is 2.58 bits per heavy atom. The maximum Gasteiger partial charge on any atom is 0.289 e. The molecule has 1 unspecified atom stereocenters. The number of nitro benzene ring substituents is 1. The van der Waals surface area contributed by atoms with Crippen LogP contribution >= 0.6 is 0 Å². The molecule has 1 aliphatic carbocycles. The van der Waals surface area contributed by atoms with Gasteiger partial charge < -0.3 is 5.73 Å². The van der Waals surface area contributed by atoms with Crippen molar-refractivity contribution in [2.45, 2.75) is 23.8 Å². The van der Waals surface area contributed by atoms with Crippen molar-refractivity contribution in [3.8, 4) is 0 Å². The first-order chi connectivity index (χ1) is 8.95. The van der Waals surface area contributed by atoms with E-state index in [4.69, 9.17) is 5.73 Å². The van der Waals surface area contributed by atoms with E-state index >= 15 is 0 Å². The quantitative estimate of drug-likeness (QED) is 0.587. The molecule has 7 nitrogen and oxygen atoms in total. The molecule has 3 N–H and O–H groups in total. The number of sulfonamides is 1. The third-order valence-electron chi connectivity index (χ3n) is 3.10. The van der Waals surface area contributed by atoms with Crippen molar-refractivity contribution in [1.29, 1.82) is 0 Å². The lowest BCUT2D eigenvalue weighted by Gasteiger charge is -2.16. The van der Waals surface area contributed by atoms with E-state index in [1.54, 1.807) is 0 Å². The largest absolute Gasteiger partial charge is 0.329 e. The normalized spacial score (nSPS) is 17.1. The van der Waals surface area contributed by atoms with Gasteiger partial charge in [0.2, 0.25) is 10.0 Å². The Labute approximate surface area is 111 Å². The van der Waals surface area contributed by atoms with Crippen molar-refractivity contribution in [2.75, 3.05) is 6.54 Å². The molecular formula is C11H15N3O4S. The first-order valence-electron chi connectivity index (χ1n) is 5.91. The molecule has 8 heteroatoms. The number of rotatable bonds is 6. The second-order valence-electron chi connectivity index (χ2n) is 4.53. The van der Waals surface area contributed by atoms with Gasteiger partial charge in [-0.25, -0.2) is 13.1 Å². The smallest absolute Gasteiger partial charge is 0.289 e. The number of para-hydroxylation sites is 1. The fourth-order valence-electron chi connectivity index (χ4n) is 1.93. The third kappa shape index (κ3) is 3.09. The molecule has 2 rings (SSSR count). The molecule has 1 aromatic rings. The Morgan fingerprint density at radius 2 is 2.05 bits per heavy atom. The third-order valence-corrected chi connectivity index (χ3v) is 4.64. The molecule has 0 radical (unpaired) electrons. The minimum Gasteiger partial charge on any atom is -0.329 e. The molecule has 0 saturated heterocycles. The van der Waals surface area contributed by atoms with Crippen LogP contribution in [0.1, 0.15) is 12.8 Å². The standard InChI is InChI=1S/C11H15N3O4S/c12-7-9(8-5-6-8)13-19(17,18)11-4-2-1-3-10(11)14(15)16/h1-4,8-9,13H,5-7,12H2. The molecule has 19 heavy (non-hydrogen) atoms. The van der Waals surface area contributed by atoms with Crippen LogP contribution in [0.4, 0.5) is 5.69 Å². The lowest BCUT2D eigenvalue weighted by molar-refractivity contribution is -0.387. The van der Waals surface area contributed by atoms with Crippen LogP contribution in [-0.4, -0.2) is 25.9 Å². The molecule has 1 fully saturated rings. The zero-order chi connectivity index (χ0) is 14.0. The molecule has 1 saturated carbocycles. The van der Waals surface area contributed by atoms with Crippen molar-refractivity contribution >= 4 is 15.7 Å². The summed E-state index contributed by atoms with van der Waals surface area (Å²) in [5, 5.41) is 10.9. The number of hydrogen-bond donors (Lipinski definition) is 2. The van der Waals surface area contributed by atoms with Crippen molar-refractivity contribution in [1.82, 2.24) is 4.72 Å². The van der Waals surface area contributed by atoms with Gasteiger partial charge in [0, 0.05) is 18.7 Å². The average molecular weight is 285 g/mol. The first-order valence-corrected chi connectivity index (χ1v) is 7.40. The van der Waals surface area contributed by atoms with E-state index in [-0.39, 0.29) is 23.4 Å². The van der Waals surface area contributed by atoms with E-state index in [0.29, 0.717) is 0 Å². The Kier molecular flexibility index (Phi) is 3.83. The summed E-state index contributed by atoms with van der Waals surface area (Å²) in [5.74, 6) is 0.238. The Morgan fingerprint density at radius 1 is 1.42 bits per heavy atom. The predicted octanol–water partition coefficient (Wildman–Crippen LogP) is 0.610. The van der Waals surface area contributed by atoms with Gasteiger partial charge in [0.05, 0.1) is 4.92 Å². The molecule has 0 heterocycles. The van der Waals surface area contributed by atoms with Gasteiger partial charge in [0.15, 0.2) is 4.90 Å². The van der Waals surface area contributed by atoms with Gasteiger partial charge in [-0.3, -0.25) is 10.1 Å². The highest BCUT2D eigenvalue weighted by atomic mass is 32.2. The molecule has 0 amide bonds. The van der Waals surface area contributed by atoms with Crippen molar-refractivity contribution in [2.24, 2.45) is 11.7 Å². The summed E-state index contributed by atoms with van der Waals surface area (Å²) in [6, 6.07) is 4.92. The number of benzene rings is 1. The summed E-state index contributed by atoms with van der Waals surface area (Å²) in [7, 11) is -3.92. The second kappa shape index (κ2) is 5.24. The first kappa shape index (κ1) is 13.9. The highest BCUT2D eigenvalue weighted by molar-refractivity contribution is 7.89. The number of hydrogen-bond acceptors (Lipinski definition) is 5. The van der Waals surface area contributed by atoms with Crippen LogP contribution < -0.4 is 10.5 Å². The minimum absolute atomic E-state index is 0.185. The molecule has 104 valence electrons. The van der Waals surface area contributed by atoms with Crippen LogP contribution in [0.3, 0.4) is 0 Å². The fraction of sp³-hybridized carbons (Fsp3) is 0.455. The summed E-state index contributed by atoms with van der Waals surface area (Å²) >= 11 is 0. The maximum atomic E-state index is 12.2. The van der Waals surface area contributed by atoms with Crippen molar-refractivity contribution in [3.63, 3.8) is 0 Å². The summed E-state index contributed by atoms with van der Waals surface area (Å²) in [4.78, 5) is 9.83. The van der Waals surface area contributed by atoms with Crippen LogP contribution in [0.25, 0.3) is 0 Å². The van der Waals surface area contributed by atoms with Gasteiger partial charge >= 0.3 is 0 Å². The predicted molar refractivity (Wildman–Crippen MR) is 69.0 cm³/mol. The maximum absolute atomic E-state index is 12.2. The zero-order valence-electron chi connectivity index (χ0n) is 10.2. The van der Waals surface area contributed by atoms with Gasteiger partial charge in [-0.15, -0.1) is 0 Å². The molecule has 0 aromatic heterocycles. The van der Waals surface area contributed by atoms with E-state index < -0.39 is 20.6 Å². The highest BCUT2D eigenvalue weighted by Gasteiger charge is 2.35. The van der Waals surface area contributed by atoms with E-state index in [2.05, 4.69) is 4.72 Å². The highest BCUT2D eigenvalue weighted by Crippen LogP contribution is 2.33. The van der Waals surface area contributed by atoms with Gasteiger partial charge in [0.1, 0.15) is 0 Å². The summed E-state index contributed by atoms with van der Waals surface area (Å²) in [6.07, 6.45) is 1.86. The zero-order valence-corrected chi connectivity index (χ0v) is 11.0. The SMILES string of the molecule is NCC(NS(=O)(=O)c1ccccc1[N+](=O)[O-])C1CC1. The molecule has 1 atom stereocenters. The van der Waals surface area contributed by atoms with Crippen LogP contribution in [0.15, 0.2) is 29.2 Å². The van der Waals surface area contributed by atoms with Crippen molar-refractivity contribution in [3.05, 3.63) is 34.4 Å². The second-order valence-corrected chi connectivity index (χ2v) is 6.21. The molecular weight excluding hydrogens is 270 g/mol. The Balaban J connectivity index is 2.31. The van der Waals surface area contributed by atoms with Crippen LogP contribution in [0.2, 0.25) is 0 Å². The topological polar surface area (TPSA) is 115 Å². The molecule has 0 spiro atoms. The van der Waals surface area contributed by atoms with Gasteiger partial charge in [-0.05, 0) is 24.8 Å². The van der Waals surface area contributed by atoms with E-state index in [9.17, 15) is 18.5 Å². The van der Waals surface area contributed by atoms with Gasteiger partial charge in [-0.1, -0.05) is 12.1 Å². The number of nitrogens with zero attached hydrogens (tertiary/aromatic N) is 1. The monoisotopic (exact) mass is 285 g/mol. The molecule has 0 bridgehead atoms. The lowest BCUT2D eigenvalue weighted by atomic mass is 10.2. The summed E-state index contributed by atoms with van der Waals surface area (Å²) < 4.78 is 26.8. The van der Waals surface area contributed by atoms with E-state index in [1.165, 1.54) is 24.3 Å². The van der Waals surface area contributed by atoms with Gasteiger partial charge in [0.25, 0.3) is 5.69 Å². The number of nitro groups is 1. The summed E-state index contributed by atoms with van der Waals surface area (Å²) in [6.45, 7) is 0.185. The van der Waals surface area contributed by atoms with Crippen LogP contribution in [-0.2, 0) is 10.0 Å².